The van der Waals surface area contributed by atoms with Crippen molar-refractivity contribution in [3.8, 4) is 11.4 Å². The summed E-state index contributed by atoms with van der Waals surface area (Å²) in [5.74, 6) is 2.20. The van der Waals surface area contributed by atoms with Crippen LogP contribution in [0.1, 0.15) is 56.5 Å². The van der Waals surface area contributed by atoms with Crippen molar-refractivity contribution in [2.24, 2.45) is 0 Å². The second-order valence-electron chi connectivity index (χ2n) is 7.60. The largest absolute Gasteiger partial charge is 0.382 e. The zero-order valence-corrected chi connectivity index (χ0v) is 15.7. The van der Waals surface area contributed by atoms with Crippen LogP contribution in [0.3, 0.4) is 0 Å². The Bertz CT molecular complexity index is 1080. The van der Waals surface area contributed by atoms with Gasteiger partial charge in [-0.1, -0.05) is 44.4 Å². The quantitative estimate of drug-likeness (QED) is 0.536. The van der Waals surface area contributed by atoms with Crippen LogP contribution >= 0.6 is 0 Å². The summed E-state index contributed by atoms with van der Waals surface area (Å²) >= 11 is 0. The number of nitrogen functional groups attached to an aromatic ring is 1. The van der Waals surface area contributed by atoms with E-state index in [0.717, 1.165) is 34.7 Å². The number of fused-ring (bicyclic) bond motifs is 2. The van der Waals surface area contributed by atoms with Crippen molar-refractivity contribution in [1.82, 2.24) is 19.4 Å². The van der Waals surface area contributed by atoms with E-state index >= 15 is 0 Å². The summed E-state index contributed by atoms with van der Waals surface area (Å²) in [4.78, 5) is 13.2. The molecule has 3 aromatic heterocycles. The van der Waals surface area contributed by atoms with Crippen LogP contribution in [0.25, 0.3) is 27.8 Å². The Morgan fingerprint density at radius 1 is 1.19 bits per heavy atom. The topological polar surface area (TPSA) is 72.0 Å². The lowest BCUT2D eigenvalue weighted by Crippen LogP contribution is -2.11. The summed E-state index contributed by atoms with van der Waals surface area (Å²) in [6.07, 6.45) is 9.12. The SMILES string of the molecule is CCc1cnc(N)c2c(-c3cc4ccccc4[nH]3)nc(C3CCCCC3)n12. The molecule has 0 atom stereocenters. The van der Waals surface area contributed by atoms with Crippen LogP contribution in [0.4, 0.5) is 5.82 Å². The Hall–Kier alpha value is -2.82. The lowest BCUT2D eigenvalue weighted by Gasteiger charge is -2.21. The van der Waals surface area contributed by atoms with Crippen LogP contribution in [0.5, 0.6) is 0 Å². The van der Waals surface area contributed by atoms with Gasteiger partial charge in [0, 0.05) is 28.7 Å². The smallest absolute Gasteiger partial charge is 0.150 e. The molecule has 5 nitrogen and oxygen atoms in total. The highest BCUT2D eigenvalue weighted by Gasteiger charge is 2.26. The van der Waals surface area contributed by atoms with E-state index < -0.39 is 0 Å². The summed E-state index contributed by atoms with van der Waals surface area (Å²) in [6.45, 7) is 2.17. The lowest BCUT2D eigenvalue weighted by molar-refractivity contribution is 0.427. The third kappa shape index (κ3) is 2.60. The van der Waals surface area contributed by atoms with Crippen molar-refractivity contribution in [2.75, 3.05) is 5.73 Å². The number of anilines is 1. The molecular formula is C22H25N5. The summed E-state index contributed by atoms with van der Waals surface area (Å²) in [6, 6.07) is 10.5. The predicted octanol–water partition coefficient (Wildman–Crippen LogP) is 5.07. The number of aromatic nitrogens is 4. The highest BCUT2D eigenvalue weighted by Crippen LogP contribution is 2.37. The van der Waals surface area contributed by atoms with E-state index in [1.165, 1.54) is 43.2 Å². The number of rotatable bonds is 3. The third-order valence-corrected chi connectivity index (χ3v) is 5.90. The molecule has 0 unspecified atom stereocenters. The molecule has 3 N–H and O–H groups in total. The van der Waals surface area contributed by atoms with Gasteiger partial charge in [0.05, 0.1) is 5.69 Å². The third-order valence-electron chi connectivity index (χ3n) is 5.90. The second-order valence-corrected chi connectivity index (χ2v) is 7.60. The van der Waals surface area contributed by atoms with Gasteiger partial charge in [0.25, 0.3) is 0 Å². The van der Waals surface area contributed by atoms with E-state index in [2.05, 4.69) is 45.6 Å². The molecule has 1 aromatic carbocycles. The van der Waals surface area contributed by atoms with Gasteiger partial charge in [-0.15, -0.1) is 0 Å². The van der Waals surface area contributed by atoms with Crippen molar-refractivity contribution in [1.29, 1.82) is 0 Å². The average Bonchev–Trinajstić information content (AvgIpc) is 3.31. The Morgan fingerprint density at radius 2 is 2.00 bits per heavy atom. The van der Waals surface area contributed by atoms with Crippen molar-refractivity contribution < 1.29 is 0 Å². The van der Waals surface area contributed by atoms with Crippen LogP contribution in [0.2, 0.25) is 0 Å². The van der Waals surface area contributed by atoms with E-state index in [4.69, 9.17) is 10.7 Å². The number of hydrogen-bond donors (Lipinski definition) is 2. The highest BCUT2D eigenvalue weighted by molar-refractivity contribution is 5.91. The first kappa shape index (κ1) is 16.4. The Balaban J connectivity index is 1.79. The van der Waals surface area contributed by atoms with Gasteiger partial charge in [0.15, 0.2) is 0 Å². The number of nitrogens with zero attached hydrogens (tertiary/aromatic N) is 3. The Morgan fingerprint density at radius 3 is 2.78 bits per heavy atom. The predicted molar refractivity (Wildman–Crippen MR) is 110 cm³/mol. The number of hydrogen-bond acceptors (Lipinski definition) is 3. The van der Waals surface area contributed by atoms with E-state index in [0.29, 0.717) is 11.7 Å². The molecule has 5 rings (SSSR count). The highest BCUT2D eigenvalue weighted by atomic mass is 15.1. The summed E-state index contributed by atoms with van der Waals surface area (Å²) in [7, 11) is 0. The van der Waals surface area contributed by atoms with E-state index in [1.807, 2.05) is 12.3 Å². The minimum Gasteiger partial charge on any atom is -0.382 e. The Labute approximate surface area is 158 Å². The van der Waals surface area contributed by atoms with E-state index in [-0.39, 0.29) is 0 Å². The molecule has 1 aliphatic carbocycles. The number of H-pyrrole nitrogens is 1. The monoisotopic (exact) mass is 359 g/mol. The molecule has 5 heteroatoms. The first-order chi connectivity index (χ1) is 13.3. The normalized spacial score (nSPS) is 15.7. The van der Waals surface area contributed by atoms with Gasteiger partial charge >= 0.3 is 0 Å². The fourth-order valence-corrected chi connectivity index (χ4v) is 4.50. The molecule has 0 aliphatic heterocycles. The molecule has 0 saturated heterocycles. The zero-order valence-electron chi connectivity index (χ0n) is 15.7. The maximum atomic E-state index is 6.37. The first-order valence-electron chi connectivity index (χ1n) is 10.00. The maximum absolute atomic E-state index is 6.37. The van der Waals surface area contributed by atoms with Gasteiger partial charge in [-0.25, -0.2) is 9.97 Å². The number of aromatic amines is 1. The minimum atomic E-state index is 0.497. The van der Waals surface area contributed by atoms with Crippen molar-refractivity contribution in [2.45, 2.75) is 51.4 Å². The molecule has 1 saturated carbocycles. The summed E-state index contributed by atoms with van der Waals surface area (Å²) in [5.41, 5.74) is 11.5. The van der Waals surface area contributed by atoms with Crippen molar-refractivity contribution in [3.05, 3.63) is 48.0 Å². The van der Waals surface area contributed by atoms with Gasteiger partial charge in [-0.05, 0) is 31.4 Å². The molecule has 0 amide bonds. The number of imidazole rings is 1. The standard InChI is InChI=1S/C22H25N5/c1-2-16-13-24-21(23)20-19(18-12-15-10-6-7-11-17(15)25-18)26-22(27(16)20)14-8-4-3-5-9-14/h6-7,10-14,25H,2-5,8-9H2,1H3,(H2,23,24). The fraction of sp³-hybridized carbons (Fsp3) is 0.364. The molecule has 4 aromatic rings. The molecule has 3 heterocycles. The minimum absolute atomic E-state index is 0.497. The summed E-state index contributed by atoms with van der Waals surface area (Å²) < 4.78 is 2.29. The van der Waals surface area contributed by atoms with E-state index in [9.17, 15) is 0 Å². The number of nitrogens with two attached hydrogens (primary N) is 1. The van der Waals surface area contributed by atoms with Gasteiger partial charge in [-0.3, -0.25) is 4.40 Å². The molecule has 0 spiro atoms. The van der Waals surface area contributed by atoms with Gasteiger partial charge < -0.3 is 10.7 Å². The van der Waals surface area contributed by atoms with Crippen molar-refractivity contribution >= 4 is 22.2 Å². The van der Waals surface area contributed by atoms with Gasteiger partial charge in [-0.2, -0.15) is 0 Å². The Kier molecular flexibility index (Phi) is 3.88. The number of nitrogens with one attached hydrogen (secondary N) is 1. The molecule has 1 fully saturated rings. The molecule has 0 radical (unpaired) electrons. The molecule has 1 aliphatic rings. The van der Waals surface area contributed by atoms with Crippen LogP contribution in [-0.4, -0.2) is 19.4 Å². The molecular weight excluding hydrogens is 334 g/mol. The lowest BCUT2D eigenvalue weighted by atomic mass is 9.88. The second kappa shape index (κ2) is 6.41. The van der Waals surface area contributed by atoms with Gasteiger partial charge in [0.1, 0.15) is 22.9 Å². The number of benzene rings is 1. The summed E-state index contributed by atoms with van der Waals surface area (Å²) in [5, 5.41) is 1.19. The molecule has 0 bridgehead atoms. The average molecular weight is 359 g/mol. The van der Waals surface area contributed by atoms with Crippen LogP contribution in [0.15, 0.2) is 36.5 Å². The van der Waals surface area contributed by atoms with Crippen molar-refractivity contribution in [3.63, 3.8) is 0 Å². The molecule has 138 valence electrons. The zero-order chi connectivity index (χ0) is 18.4. The maximum Gasteiger partial charge on any atom is 0.150 e. The van der Waals surface area contributed by atoms with Crippen LogP contribution < -0.4 is 5.73 Å². The molecule has 27 heavy (non-hydrogen) atoms. The van der Waals surface area contributed by atoms with Crippen LogP contribution in [0, 0.1) is 0 Å². The van der Waals surface area contributed by atoms with Gasteiger partial charge in [0.2, 0.25) is 0 Å². The first-order valence-corrected chi connectivity index (χ1v) is 10.00. The number of para-hydroxylation sites is 1. The van der Waals surface area contributed by atoms with Crippen LogP contribution in [-0.2, 0) is 6.42 Å². The van der Waals surface area contributed by atoms with E-state index in [1.54, 1.807) is 0 Å². The number of aryl methyl sites for hydroxylation is 1. The fourth-order valence-electron chi connectivity index (χ4n) is 4.50.